The second kappa shape index (κ2) is 9.37. The maximum absolute atomic E-state index is 12.2. The van der Waals surface area contributed by atoms with Crippen LogP contribution in [0, 0.1) is 0 Å². The number of aromatic hydroxyl groups is 2. The van der Waals surface area contributed by atoms with Gasteiger partial charge in [-0.1, -0.05) is 12.1 Å². The zero-order chi connectivity index (χ0) is 22.7. The van der Waals surface area contributed by atoms with Crippen LogP contribution >= 0.6 is 0 Å². The largest absolute Gasteiger partial charge is 0.504 e. The fourth-order valence-electron chi connectivity index (χ4n) is 2.95. The van der Waals surface area contributed by atoms with E-state index in [-0.39, 0.29) is 17.3 Å². The first-order chi connectivity index (χ1) is 14.7. The molecule has 1 aromatic heterocycles. The Labute approximate surface area is 175 Å². The van der Waals surface area contributed by atoms with Crippen LogP contribution in [0.5, 0.6) is 23.0 Å². The Morgan fingerprint density at radius 2 is 1.77 bits per heavy atom. The molecule has 1 aliphatic heterocycles. The highest BCUT2D eigenvalue weighted by Gasteiger charge is 2.45. The van der Waals surface area contributed by atoms with Gasteiger partial charge in [-0.15, -0.1) is 0 Å². The number of hydrogen-bond acceptors (Lipinski definition) is 11. The van der Waals surface area contributed by atoms with Gasteiger partial charge in [0.1, 0.15) is 30.2 Å². The zero-order valence-corrected chi connectivity index (χ0v) is 16.3. The fraction of sp³-hybridized carbons (Fsp3) is 0.350. The van der Waals surface area contributed by atoms with E-state index in [1.807, 2.05) is 0 Å². The molecule has 0 amide bonds. The van der Waals surface area contributed by atoms with E-state index >= 15 is 0 Å². The number of aliphatic hydroxyl groups is 4. The molecule has 0 aliphatic carbocycles. The minimum Gasteiger partial charge on any atom is -0.504 e. The number of ether oxygens (including phenoxy) is 3. The molecule has 11 heteroatoms. The predicted molar refractivity (Wildman–Crippen MR) is 105 cm³/mol. The van der Waals surface area contributed by atoms with Crippen LogP contribution in [0.4, 0.5) is 0 Å². The first-order valence-corrected chi connectivity index (χ1v) is 9.14. The molecule has 1 fully saturated rings. The Morgan fingerprint density at radius 3 is 2.39 bits per heavy atom. The number of aliphatic hydroxyl groups excluding tert-OH is 4. The summed E-state index contributed by atoms with van der Waals surface area (Å²) < 4.78 is 20.3. The lowest BCUT2D eigenvalue weighted by atomic mass is 9.99. The van der Waals surface area contributed by atoms with Gasteiger partial charge in [0, 0.05) is 6.07 Å². The van der Waals surface area contributed by atoms with E-state index in [0.29, 0.717) is 5.56 Å². The zero-order valence-electron chi connectivity index (χ0n) is 16.3. The number of benzene rings is 1. The number of phenolic OH excluding ortho intramolecular Hbond substituents is 1. The van der Waals surface area contributed by atoms with E-state index in [2.05, 4.69) is 0 Å². The van der Waals surface area contributed by atoms with Gasteiger partial charge in [0.15, 0.2) is 17.2 Å². The summed E-state index contributed by atoms with van der Waals surface area (Å²) >= 11 is 0. The lowest BCUT2D eigenvalue weighted by molar-refractivity contribution is -0.278. The molecule has 0 bridgehead atoms. The van der Waals surface area contributed by atoms with Crippen LogP contribution in [0.25, 0.3) is 12.2 Å². The molecule has 6 N–H and O–H groups in total. The Hall–Kier alpha value is -3.09. The molecule has 2 heterocycles. The summed E-state index contributed by atoms with van der Waals surface area (Å²) in [6, 6.07) is 5.67. The van der Waals surface area contributed by atoms with Gasteiger partial charge in [-0.3, -0.25) is 0 Å². The molecule has 1 aromatic carbocycles. The molecule has 1 aliphatic rings. The van der Waals surface area contributed by atoms with Gasteiger partial charge >= 0.3 is 5.63 Å². The lowest BCUT2D eigenvalue weighted by Gasteiger charge is -2.39. The first kappa shape index (κ1) is 22.6. The van der Waals surface area contributed by atoms with E-state index in [4.69, 9.17) is 18.6 Å². The van der Waals surface area contributed by atoms with E-state index in [0.717, 1.165) is 6.07 Å². The van der Waals surface area contributed by atoms with Crippen LogP contribution in [-0.4, -0.2) is 75.1 Å². The monoisotopic (exact) mass is 438 g/mol. The minimum atomic E-state index is -1.76. The van der Waals surface area contributed by atoms with Crippen LogP contribution in [0.1, 0.15) is 11.3 Å². The Kier molecular flexibility index (Phi) is 6.83. The van der Waals surface area contributed by atoms with Crippen molar-refractivity contribution in [1.29, 1.82) is 0 Å². The molecule has 0 spiro atoms. The summed E-state index contributed by atoms with van der Waals surface area (Å²) in [6.07, 6.45) is -5.12. The topological polar surface area (TPSA) is 179 Å². The highest BCUT2D eigenvalue weighted by atomic mass is 16.7. The molecule has 3 rings (SSSR count). The molecular formula is C20H22O11. The third kappa shape index (κ3) is 4.81. The Morgan fingerprint density at radius 1 is 1.03 bits per heavy atom. The van der Waals surface area contributed by atoms with E-state index in [1.165, 1.54) is 25.3 Å². The maximum Gasteiger partial charge on any atom is 0.383 e. The molecule has 168 valence electrons. The van der Waals surface area contributed by atoms with E-state index in [9.17, 15) is 35.4 Å². The predicted octanol–water partition coefficient (Wildman–Crippen LogP) is -0.591. The van der Waals surface area contributed by atoms with Crippen LogP contribution < -0.4 is 15.1 Å². The maximum atomic E-state index is 12.2. The molecule has 1 saturated heterocycles. The van der Waals surface area contributed by atoms with Crippen molar-refractivity contribution in [3.63, 3.8) is 0 Å². The van der Waals surface area contributed by atoms with Crippen molar-refractivity contribution in [2.75, 3.05) is 13.7 Å². The molecule has 0 radical (unpaired) electrons. The smallest absolute Gasteiger partial charge is 0.383 e. The summed E-state index contributed by atoms with van der Waals surface area (Å²) in [4.78, 5) is 12.2. The summed E-state index contributed by atoms with van der Waals surface area (Å²) in [5.41, 5.74) is -0.545. The molecular weight excluding hydrogens is 416 g/mol. The standard InChI is InChI=1S/C20H22O11/c1-28-13-5-3-9(6-11(13)22)2-4-10-7-12(23)18(19(27)29-10)31-20-17(26)16(25)15(24)14(8-21)30-20/h2-7,14-17,20-26H,8H2,1H3. The van der Waals surface area contributed by atoms with Crippen molar-refractivity contribution in [3.8, 4) is 23.0 Å². The SMILES string of the molecule is COc1ccc(C=Cc2cc(O)c(OC3OC(CO)C(O)C(O)C3O)c(=O)o2)cc1O. The average molecular weight is 438 g/mol. The quantitative estimate of drug-likeness (QED) is 0.339. The third-order valence-corrected chi connectivity index (χ3v) is 4.63. The number of methoxy groups -OCH3 is 1. The van der Waals surface area contributed by atoms with Crippen LogP contribution in [0.3, 0.4) is 0 Å². The second-order valence-corrected chi connectivity index (χ2v) is 6.73. The van der Waals surface area contributed by atoms with Crippen LogP contribution in [0.15, 0.2) is 33.5 Å². The number of phenols is 1. The van der Waals surface area contributed by atoms with Gasteiger partial charge in [-0.25, -0.2) is 4.79 Å². The van der Waals surface area contributed by atoms with Crippen LogP contribution in [-0.2, 0) is 4.74 Å². The van der Waals surface area contributed by atoms with Crippen molar-refractivity contribution >= 4 is 12.2 Å². The summed E-state index contributed by atoms with van der Waals surface area (Å²) in [5, 5.41) is 58.7. The Bertz CT molecular complexity index is 997. The van der Waals surface area contributed by atoms with Gasteiger partial charge in [-0.05, 0) is 23.8 Å². The van der Waals surface area contributed by atoms with Crippen molar-refractivity contribution in [3.05, 3.63) is 46.0 Å². The molecule has 0 saturated carbocycles. The fourth-order valence-corrected chi connectivity index (χ4v) is 2.95. The van der Waals surface area contributed by atoms with Crippen molar-refractivity contribution < 1.29 is 49.3 Å². The van der Waals surface area contributed by atoms with Gasteiger partial charge in [0.2, 0.25) is 12.0 Å². The minimum absolute atomic E-state index is 0.0426. The number of hydrogen-bond donors (Lipinski definition) is 6. The van der Waals surface area contributed by atoms with Crippen molar-refractivity contribution in [2.45, 2.75) is 30.7 Å². The summed E-state index contributed by atoms with van der Waals surface area (Å²) in [6.45, 7) is -0.684. The van der Waals surface area contributed by atoms with Crippen LogP contribution in [0.2, 0.25) is 0 Å². The van der Waals surface area contributed by atoms with Gasteiger partial charge in [0.25, 0.3) is 0 Å². The Balaban J connectivity index is 1.79. The summed E-state index contributed by atoms with van der Waals surface area (Å²) in [5.74, 6) is -1.17. The van der Waals surface area contributed by atoms with E-state index < -0.39 is 54.4 Å². The highest BCUT2D eigenvalue weighted by molar-refractivity contribution is 5.69. The lowest BCUT2D eigenvalue weighted by Crippen LogP contribution is -2.60. The van der Waals surface area contributed by atoms with Gasteiger partial charge < -0.3 is 49.3 Å². The average Bonchev–Trinajstić information content (AvgIpc) is 2.74. The van der Waals surface area contributed by atoms with Crippen molar-refractivity contribution in [1.82, 2.24) is 0 Å². The highest BCUT2D eigenvalue weighted by Crippen LogP contribution is 2.30. The molecule has 5 unspecified atom stereocenters. The number of rotatable bonds is 6. The normalized spacial score (nSPS) is 26.2. The molecule has 5 atom stereocenters. The van der Waals surface area contributed by atoms with Crippen molar-refractivity contribution in [2.24, 2.45) is 0 Å². The molecule has 2 aromatic rings. The molecule has 31 heavy (non-hydrogen) atoms. The second-order valence-electron chi connectivity index (χ2n) is 6.73. The summed E-state index contributed by atoms with van der Waals surface area (Å²) in [7, 11) is 1.41. The first-order valence-electron chi connectivity index (χ1n) is 9.14. The van der Waals surface area contributed by atoms with E-state index in [1.54, 1.807) is 12.1 Å². The van der Waals surface area contributed by atoms with Gasteiger partial charge in [0.05, 0.1) is 13.7 Å². The van der Waals surface area contributed by atoms with Gasteiger partial charge in [-0.2, -0.15) is 0 Å². The third-order valence-electron chi connectivity index (χ3n) is 4.63. The molecule has 11 nitrogen and oxygen atoms in total.